The lowest BCUT2D eigenvalue weighted by Gasteiger charge is -2.38. The Morgan fingerprint density at radius 3 is 2.89 bits per heavy atom. The maximum absolute atomic E-state index is 12.0. The Labute approximate surface area is 104 Å². The second-order valence-electron chi connectivity index (χ2n) is 4.34. The lowest BCUT2D eigenvalue weighted by atomic mass is 9.67. The van der Waals surface area contributed by atoms with Crippen molar-refractivity contribution in [2.45, 2.75) is 25.8 Å². The molecule has 0 spiro atoms. The molecule has 8 heteroatoms. The molecule has 0 radical (unpaired) electrons. The predicted octanol–water partition coefficient (Wildman–Crippen LogP) is -0.689. The summed E-state index contributed by atoms with van der Waals surface area (Å²) >= 11 is 0. The van der Waals surface area contributed by atoms with Crippen LogP contribution in [0.4, 0.5) is 0 Å². The van der Waals surface area contributed by atoms with E-state index in [9.17, 15) is 4.79 Å². The molecule has 1 aliphatic carbocycles. The molecular weight excluding hydrogens is 236 g/mol. The standard InChI is InChI=1S/C10H16N6O2/c11-8(14-18)10(2-1-3-10)9(17)12-4-6-16-7-5-13-15-16/h5,7,18H,1-4,6H2,(H2,11,14)(H,12,17). The first-order valence-electron chi connectivity index (χ1n) is 5.79. The molecule has 1 aromatic heterocycles. The van der Waals surface area contributed by atoms with Gasteiger partial charge in [-0.05, 0) is 12.8 Å². The third-order valence-corrected chi connectivity index (χ3v) is 3.34. The first-order chi connectivity index (χ1) is 8.69. The molecule has 0 atom stereocenters. The second kappa shape index (κ2) is 5.03. The Balaban J connectivity index is 1.87. The minimum atomic E-state index is -0.822. The molecule has 1 saturated carbocycles. The number of amides is 1. The van der Waals surface area contributed by atoms with E-state index in [1.54, 1.807) is 17.1 Å². The van der Waals surface area contributed by atoms with Crippen molar-refractivity contribution in [3.63, 3.8) is 0 Å². The van der Waals surface area contributed by atoms with Gasteiger partial charge in [0.15, 0.2) is 5.84 Å². The van der Waals surface area contributed by atoms with Gasteiger partial charge in [0.25, 0.3) is 0 Å². The van der Waals surface area contributed by atoms with Crippen LogP contribution in [0.3, 0.4) is 0 Å². The Morgan fingerprint density at radius 2 is 2.39 bits per heavy atom. The quantitative estimate of drug-likeness (QED) is 0.277. The molecular formula is C10H16N6O2. The van der Waals surface area contributed by atoms with Gasteiger partial charge in [0, 0.05) is 12.7 Å². The van der Waals surface area contributed by atoms with Gasteiger partial charge in [-0.1, -0.05) is 16.8 Å². The van der Waals surface area contributed by atoms with E-state index in [0.29, 0.717) is 25.9 Å². The second-order valence-corrected chi connectivity index (χ2v) is 4.34. The molecule has 8 nitrogen and oxygen atoms in total. The van der Waals surface area contributed by atoms with Crippen LogP contribution in [0.5, 0.6) is 0 Å². The van der Waals surface area contributed by atoms with Gasteiger partial charge < -0.3 is 16.3 Å². The summed E-state index contributed by atoms with van der Waals surface area (Å²) in [6.45, 7) is 0.973. The minimum absolute atomic E-state index is 0.00740. The van der Waals surface area contributed by atoms with Crippen LogP contribution in [0.2, 0.25) is 0 Å². The van der Waals surface area contributed by atoms with Crippen LogP contribution in [0, 0.1) is 5.41 Å². The van der Waals surface area contributed by atoms with Crippen LogP contribution >= 0.6 is 0 Å². The summed E-state index contributed by atoms with van der Waals surface area (Å²) in [7, 11) is 0. The number of hydrogen-bond donors (Lipinski definition) is 3. The maximum Gasteiger partial charge on any atom is 0.234 e. The van der Waals surface area contributed by atoms with Gasteiger partial charge in [-0.25, -0.2) is 0 Å². The molecule has 0 aliphatic heterocycles. The number of carbonyl (C=O) groups is 1. The van der Waals surface area contributed by atoms with Crippen LogP contribution in [-0.4, -0.2) is 38.5 Å². The highest BCUT2D eigenvalue weighted by molar-refractivity contribution is 6.07. The van der Waals surface area contributed by atoms with Gasteiger partial charge in [0.2, 0.25) is 5.91 Å². The summed E-state index contributed by atoms with van der Waals surface area (Å²) in [5, 5.41) is 21.9. The van der Waals surface area contributed by atoms with Crippen molar-refractivity contribution in [1.82, 2.24) is 20.3 Å². The number of oxime groups is 1. The number of nitrogens with zero attached hydrogens (tertiary/aromatic N) is 4. The molecule has 98 valence electrons. The van der Waals surface area contributed by atoms with Crippen molar-refractivity contribution < 1.29 is 10.0 Å². The number of amidine groups is 1. The fourth-order valence-electron chi connectivity index (χ4n) is 2.03. The van der Waals surface area contributed by atoms with Crippen molar-refractivity contribution in [3.05, 3.63) is 12.4 Å². The molecule has 1 fully saturated rings. The van der Waals surface area contributed by atoms with Crippen LogP contribution in [0.25, 0.3) is 0 Å². The van der Waals surface area contributed by atoms with Gasteiger partial charge in [-0.3, -0.25) is 9.48 Å². The minimum Gasteiger partial charge on any atom is -0.409 e. The number of hydrogen-bond acceptors (Lipinski definition) is 5. The topological polar surface area (TPSA) is 118 Å². The van der Waals surface area contributed by atoms with Crippen molar-refractivity contribution in [3.8, 4) is 0 Å². The average Bonchev–Trinajstić information content (AvgIpc) is 2.80. The SMILES string of the molecule is N/C(=N/O)C1(C(=O)NCCn2ccnn2)CCC1. The Bertz CT molecular complexity index is 437. The molecule has 0 bridgehead atoms. The number of nitrogens with two attached hydrogens (primary N) is 1. The summed E-state index contributed by atoms with van der Waals surface area (Å²) in [6.07, 6.45) is 5.45. The van der Waals surface area contributed by atoms with Crippen LogP contribution in [0.15, 0.2) is 17.5 Å². The Hall–Kier alpha value is -2.12. The van der Waals surface area contributed by atoms with Crippen molar-refractivity contribution >= 4 is 11.7 Å². The normalized spacial score (nSPS) is 18.1. The molecule has 1 amide bonds. The summed E-state index contributed by atoms with van der Waals surface area (Å²) in [5.74, 6) is -0.198. The number of carbonyl (C=O) groups excluding carboxylic acids is 1. The highest BCUT2D eigenvalue weighted by Gasteiger charge is 2.48. The van der Waals surface area contributed by atoms with Crippen LogP contribution in [-0.2, 0) is 11.3 Å². The van der Waals surface area contributed by atoms with Crippen molar-refractivity contribution in [1.29, 1.82) is 0 Å². The van der Waals surface area contributed by atoms with E-state index >= 15 is 0 Å². The zero-order valence-electron chi connectivity index (χ0n) is 9.91. The van der Waals surface area contributed by atoms with E-state index in [4.69, 9.17) is 10.9 Å². The predicted molar refractivity (Wildman–Crippen MR) is 62.7 cm³/mol. The van der Waals surface area contributed by atoms with Gasteiger partial charge in [-0.2, -0.15) is 0 Å². The van der Waals surface area contributed by atoms with Gasteiger partial charge in [0.05, 0.1) is 12.7 Å². The van der Waals surface area contributed by atoms with E-state index in [1.165, 1.54) is 0 Å². The Morgan fingerprint density at radius 1 is 1.61 bits per heavy atom. The lowest BCUT2D eigenvalue weighted by molar-refractivity contribution is -0.131. The highest BCUT2D eigenvalue weighted by Crippen LogP contribution is 2.41. The maximum atomic E-state index is 12.0. The monoisotopic (exact) mass is 252 g/mol. The third kappa shape index (κ3) is 2.13. The first kappa shape index (κ1) is 12.3. The largest absolute Gasteiger partial charge is 0.409 e. The summed E-state index contributed by atoms with van der Waals surface area (Å²) in [6, 6.07) is 0. The fraction of sp³-hybridized carbons (Fsp3) is 0.600. The summed E-state index contributed by atoms with van der Waals surface area (Å²) < 4.78 is 1.62. The van der Waals surface area contributed by atoms with Crippen LogP contribution < -0.4 is 11.1 Å². The molecule has 0 unspecified atom stereocenters. The molecule has 2 rings (SSSR count). The van der Waals surface area contributed by atoms with Gasteiger partial charge in [0.1, 0.15) is 5.41 Å². The molecule has 18 heavy (non-hydrogen) atoms. The Kier molecular flexibility index (Phi) is 3.45. The number of aromatic nitrogens is 3. The van der Waals surface area contributed by atoms with E-state index < -0.39 is 5.41 Å². The van der Waals surface area contributed by atoms with Crippen LogP contribution in [0.1, 0.15) is 19.3 Å². The number of rotatable bonds is 5. The van der Waals surface area contributed by atoms with E-state index in [2.05, 4.69) is 20.8 Å². The van der Waals surface area contributed by atoms with E-state index in [0.717, 1.165) is 6.42 Å². The number of nitrogens with one attached hydrogen (secondary N) is 1. The van der Waals surface area contributed by atoms with Crippen molar-refractivity contribution in [2.75, 3.05) is 6.54 Å². The molecule has 0 aromatic carbocycles. The summed E-state index contributed by atoms with van der Waals surface area (Å²) in [4.78, 5) is 12.0. The molecule has 0 saturated heterocycles. The molecule has 4 N–H and O–H groups in total. The van der Waals surface area contributed by atoms with E-state index in [-0.39, 0.29) is 11.7 Å². The summed E-state index contributed by atoms with van der Waals surface area (Å²) in [5.41, 5.74) is 4.77. The van der Waals surface area contributed by atoms with Crippen molar-refractivity contribution in [2.24, 2.45) is 16.3 Å². The molecule has 1 aromatic rings. The third-order valence-electron chi connectivity index (χ3n) is 3.34. The first-order valence-corrected chi connectivity index (χ1v) is 5.79. The lowest BCUT2D eigenvalue weighted by Crippen LogP contribution is -2.54. The molecule has 1 heterocycles. The average molecular weight is 252 g/mol. The van der Waals surface area contributed by atoms with E-state index in [1.807, 2.05) is 0 Å². The smallest absolute Gasteiger partial charge is 0.234 e. The zero-order chi connectivity index (χ0) is 13.0. The molecule has 1 aliphatic rings. The zero-order valence-corrected chi connectivity index (χ0v) is 9.91. The van der Waals surface area contributed by atoms with Gasteiger partial charge in [-0.15, -0.1) is 5.10 Å². The fourth-order valence-corrected chi connectivity index (χ4v) is 2.03. The van der Waals surface area contributed by atoms with Gasteiger partial charge >= 0.3 is 0 Å². The highest BCUT2D eigenvalue weighted by atomic mass is 16.4.